The van der Waals surface area contributed by atoms with Crippen LogP contribution in [0.15, 0.2) is 35.1 Å². The maximum absolute atomic E-state index is 9.83. The number of nitrogens with zero attached hydrogens (tertiary/aromatic N) is 3. The summed E-state index contributed by atoms with van der Waals surface area (Å²) in [6.45, 7) is 1.89. The summed E-state index contributed by atoms with van der Waals surface area (Å²) in [5.41, 5.74) is 1.47. The topological polar surface area (TPSA) is 87.8 Å². The molecule has 0 amide bonds. The number of rotatable bonds is 2. The molecule has 0 unspecified atom stereocenters. The second-order valence-corrected chi connectivity index (χ2v) is 3.88. The fraction of sp³-hybridized carbons (Fsp3) is 0.0833. The number of phenolic OH excluding ortho intramolecular Hbond substituents is 1. The van der Waals surface area contributed by atoms with Gasteiger partial charge in [-0.15, -0.1) is 0 Å². The number of phenols is 1. The molecule has 0 bridgehead atoms. The summed E-state index contributed by atoms with van der Waals surface area (Å²) in [5.74, 6) is 1.26. The summed E-state index contributed by atoms with van der Waals surface area (Å²) in [6.07, 6.45) is 3.28. The van der Waals surface area contributed by atoms with E-state index in [1.807, 2.05) is 13.0 Å². The first-order valence-corrected chi connectivity index (χ1v) is 5.37. The van der Waals surface area contributed by atoms with Gasteiger partial charge in [0.2, 0.25) is 5.82 Å². The average Bonchev–Trinajstić information content (AvgIpc) is 2.99. The molecule has 0 radical (unpaired) electrons. The van der Waals surface area contributed by atoms with Gasteiger partial charge in [-0.1, -0.05) is 11.2 Å². The van der Waals surface area contributed by atoms with Gasteiger partial charge in [0.05, 0.1) is 5.56 Å². The zero-order valence-corrected chi connectivity index (χ0v) is 9.58. The standard InChI is InChI=1S/C12H10N4O2/c1-7-2-3-8(9(17)6-7)12-15-11(16-18-12)10-13-4-5-14-10/h2-6,17H,1H3,(H,13,14). The van der Waals surface area contributed by atoms with Gasteiger partial charge in [-0.3, -0.25) is 0 Å². The van der Waals surface area contributed by atoms with Gasteiger partial charge >= 0.3 is 0 Å². The smallest absolute Gasteiger partial charge is 0.262 e. The molecule has 0 fully saturated rings. The van der Waals surface area contributed by atoms with Crippen molar-refractivity contribution in [2.24, 2.45) is 0 Å². The summed E-state index contributed by atoms with van der Waals surface area (Å²) in [7, 11) is 0. The second-order valence-electron chi connectivity index (χ2n) is 3.88. The minimum Gasteiger partial charge on any atom is -0.507 e. The van der Waals surface area contributed by atoms with E-state index in [1.165, 1.54) is 0 Å². The van der Waals surface area contributed by atoms with E-state index in [9.17, 15) is 5.11 Å². The van der Waals surface area contributed by atoms with Gasteiger partial charge in [-0.05, 0) is 24.6 Å². The van der Waals surface area contributed by atoms with Gasteiger partial charge in [-0.25, -0.2) is 4.98 Å². The van der Waals surface area contributed by atoms with Crippen molar-refractivity contribution < 1.29 is 9.63 Å². The number of benzene rings is 1. The Kier molecular flexibility index (Phi) is 2.33. The zero-order valence-electron chi connectivity index (χ0n) is 9.58. The van der Waals surface area contributed by atoms with E-state index >= 15 is 0 Å². The van der Waals surface area contributed by atoms with Crippen molar-refractivity contribution in [3.8, 4) is 28.9 Å². The lowest BCUT2D eigenvalue weighted by Crippen LogP contribution is -1.84. The Bertz CT molecular complexity index is 673. The van der Waals surface area contributed by atoms with Crippen molar-refractivity contribution in [1.29, 1.82) is 0 Å². The number of hydrogen-bond acceptors (Lipinski definition) is 5. The van der Waals surface area contributed by atoms with Crippen molar-refractivity contribution in [3.63, 3.8) is 0 Å². The number of aromatic hydroxyl groups is 1. The van der Waals surface area contributed by atoms with Crippen LogP contribution in [0.1, 0.15) is 5.56 Å². The molecule has 3 aromatic rings. The minimum atomic E-state index is 0.115. The zero-order chi connectivity index (χ0) is 12.5. The van der Waals surface area contributed by atoms with E-state index in [4.69, 9.17) is 4.52 Å². The molecule has 3 rings (SSSR count). The largest absolute Gasteiger partial charge is 0.507 e. The van der Waals surface area contributed by atoms with Gasteiger partial charge in [0.1, 0.15) is 5.75 Å². The van der Waals surface area contributed by atoms with Gasteiger partial charge in [-0.2, -0.15) is 4.98 Å². The number of nitrogens with one attached hydrogen (secondary N) is 1. The first-order chi connectivity index (χ1) is 8.74. The monoisotopic (exact) mass is 242 g/mol. The van der Waals surface area contributed by atoms with Crippen LogP contribution < -0.4 is 0 Å². The van der Waals surface area contributed by atoms with Crippen LogP contribution in [0.4, 0.5) is 0 Å². The van der Waals surface area contributed by atoms with Crippen LogP contribution in [-0.4, -0.2) is 25.2 Å². The third-order valence-corrected chi connectivity index (χ3v) is 2.52. The Morgan fingerprint density at radius 1 is 1.33 bits per heavy atom. The number of aryl methyl sites for hydroxylation is 1. The van der Waals surface area contributed by atoms with Crippen LogP contribution in [0.25, 0.3) is 23.1 Å². The molecule has 6 nitrogen and oxygen atoms in total. The lowest BCUT2D eigenvalue weighted by molar-refractivity contribution is 0.425. The van der Waals surface area contributed by atoms with E-state index < -0.39 is 0 Å². The molecular formula is C12H10N4O2. The number of aromatic nitrogens is 4. The van der Waals surface area contributed by atoms with Gasteiger partial charge in [0.15, 0.2) is 5.82 Å². The number of H-pyrrole nitrogens is 1. The molecular weight excluding hydrogens is 232 g/mol. The van der Waals surface area contributed by atoms with E-state index in [0.717, 1.165) is 5.56 Å². The third-order valence-electron chi connectivity index (χ3n) is 2.52. The van der Waals surface area contributed by atoms with E-state index in [0.29, 0.717) is 17.2 Å². The molecule has 0 saturated carbocycles. The van der Waals surface area contributed by atoms with Crippen molar-refractivity contribution >= 4 is 0 Å². The molecule has 2 aromatic heterocycles. The summed E-state index contributed by atoms with van der Waals surface area (Å²) in [5, 5.41) is 13.6. The highest BCUT2D eigenvalue weighted by molar-refractivity contribution is 5.64. The van der Waals surface area contributed by atoms with Crippen LogP contribution in [0.3, 0.4) is 0 Å². The summed E-state index contributed by atoms with van der Waals surface area (Å²) in [6, 6.07) is 5.25. The molecule has 2 heterocycles. The van der Waals surface area contributed by atoms with E-state index in [-0.39, 0.29) is 11.6 Å². The Morgan fingerprint density at radius 3 is 2.94 bits per heavy atom. The van der Waals surface area contributed by atoms with Crippen molar-refractivity contribution in [2.45, 2.75) is 6.92 Å². The van der Waals surface area contributed by atoms with Crippen LogP contribution in [-0.2, 0) is 0 Å². The molecule has 0 aliphatic heterocycles. The first kappa shape index (κ1) is 10.5. The number of aromatic amines is 1. The summed E-state index contributed by atoms with van der Waals surface area (Å²) < 4.78 is 5.11. The molecule has 90 valence electrons. The van der Waals surface area contributed by atoms with Crippen molar-refractivity contribution in [1.82, 2.24) is 20.1 Å². The molecule has 2 N–H and O–H groups in total. The fourth-order valence-electron chi connectivity index (χ4n) is 1.64. The average molecular weight is 242 g/mol. The highest BCUT2D eigenvalue weighted by atomic mass is 16.5. The first-order valence-electron chi connectivity index (χ1n) is 5.37. The van der Waals surface area contributed by atoms with E-state index in [1.54, 1.807) is 24.5 Å². The predicted octanol–water partition coefficient (Wildman–Crippen LogP) is 2.14. The summed E-state index contributed by atoms with van der Waals surface area (Å²) in [4.78, 5) is 11.1. The lowest BCUT2D eigenvalue weighted by Gasteiger charge is -1.99. The minimum absolute atomic E-state index is 0.115. The van der Waals surface area contributed by atoms with E-state index in [2.05, 4.69) is 20.1 Å². The SMILES string of the molecule is Cc1ccc(-c2nc(-c3ncc[nH]3)no2)c(O)c1. The highest BCUT2D eigenvalue weighted by Crippen LogP contribution is 2.29. The maximum Gasteiger partial charge on any atom is 0.262 e. The van der Waals surface area contributed by atoms with Crippen molar-refractivity contribution in [2.75, 3.05) is 0 Å². The molecule has 0 atom stereocenters. The molecule has 0 aliphatic rings. The molecule has 18 heavy (non-hydrogen) atoms. The van der Waals surface area contributed by atoms with Crippen LogP contribution in [0.2, 0.25) is 0 Å². The van der Waals surface area contributed by atoms with Crippen LogP contribution in [0.5, 0.6) is 5.75 Å². The number of imidazole rings is 1. The molecule has 1 aromatic carbocycles. The Morgan fingerprint density at radius 2 is 2.22 bits per heavy atom. The second kappa shape index (κ2) is 3.99. The molecule has 6 heteroatoms. The quantitative estimate of drug-likeness (QED) is 0.718. The lowest BCUT2D eigenvalue weighted by atomic mass is 10.1. The Labute approximate surface area is 102 Å². The fourth-order valence-corrected chi connectivity index (χ4v) is 1.64. The predicted molar refractivity (Wildman–Crippen MR) is 63.7 cm³/mol. The van der Waals surface area contributed by atoms with Crippen LogP contribution in [0, 0.1) is 6.92 Å². The van der Waals surface area contributed by atoms with Gasteiger partial charge < -0.3 is 14.6 Å². The number of hydrogen-bond donors (Lipinski definition) is 2. The third kappa shape index (κ3) is 1.73. The molecule has 0 spiro atoms. The van der Waals surface area contributed by atoms with Gasteiger partial charge in [0.25, 0.3) is 5.89 Å². The van der Waals surface area contributed by atoms with Crippen molar-refractivity contribution in [3.05, 3.63) is 36.2 Å². The Hall–Kier alpha value is -2.63. The van der Waals surface area contributed by atoms with Crippen LogP contribution >= 0.6 is 0 Å². The highest BCUT2D eigenvalue weighted by Gasteiger charge is 2.14. The normalized spacial score (nSPS) is 10.7. The molecule has 0 saturated heterocycles. The molecule has 0 aliphatic carbocycles. The maximum atomic E-state index is 9.83. The van der Waals surface area contributed by atoms with Gasteiger partial charge in [0, 0.05) is 12.4 Å². The summed E-state index contributed by atoms with van der Waals surface area (Å²) >= 11 is 0. The Balaban J connectivity index is 2.03.